The van der Waals surface area contributed by atoms with Crippen LogP contribution >= 0.6 is 11.8 Å². The van der Waals surface area contributed by atoms with Crippen molar-refractivity contribution in [3.8, 4) is 0 Å². The number of aryl methyl sites for hydroxylation is 2. The summed E-state index contributed by atoms with van der Waals surface area (Å²) < 4.78 is 2.27. The number of thioether (sulfide) groups is 1. The standard InChI is InChI=1S/C21H23N3OS/c25-20-19(12-6-7-14-22-20)26-21-23-17-10-4-5-11-18(17)24(21)15-13-16-8-2-1-3-9-16/h1-5,8-11,19H,6-7,12-15H2,(H,22,25)/t19-/m0/s1. The molecule has 4 nitrogen and oxygen atoms in total. The summed E-state index contributed by atoms with van der Waals surface area (Å²) in [6.07, 6.45) is 4.01. The van der Waals surface area contributed by atoms with E-state index in [9.17, 15) is 4.79 Å². The molecule has 0 saturated carbocycles. The van der Waals surface area contributed by atoms with Crippen molar-refractivity contribution in [1.29, 1.82) is 0 Å². The van der Waals surface area contributed by atoms with Gasteiger partial charge in [-0.3, -0.25) is 4.79 Å². The Morgan fingerprint density at radius 1 is 1.08 bits per heavy atom. The second-order valence-corrected chi connectivity index (χ2v) is 7.83. The van der Waals surface area contributed by atoms with Gasteiger partial charge in [0, 0.05) is 13.1 Å². The molecule has 1 aliphatic heterocycles. The summed E-state index contributed by atoms with van der Waals surface area (Å²) in [5.41, 5.74) is 3.45. The molecule has 134 valence electrons. The molecule has 0 bridgehead atoms. The molecule has 26 heavy (non-hydrogen) atoms. The first-order valence-corrected chi connectivity index (χ1v) is 10.1. The number of aromatic nitrogens is 2. The van der Waals surface area contributed by atoms with Crippen LogP contribution in [0.2, 0.25) is 0 Å². The number of fused-ring (bicyclic) bond motifs is 1. The Balaban J connectivity index is 1.61. The molecule has 4 rings (SSSR count). The average molecular weight is 366 g/mol. The third-order valence-corrected chi connectivity index (χ3v) is 6.08. The van der Waals surface area contributed by atoms with Gasteiger partial charge in [0.25, 0.3) is 0 Å². The van der Waals surface area contributed by atoms with E-state index < -0.39 is 0 Å². The molecule has 2 aromatic carbocycles. The van der Waals surface area contributed by atoms with Gasteiger partial charge in [-0.05, 0) is 37.0 Å². The molecular formula is C21H23N3OS. The average Bonchev–Trinajstić information content (AvgIpc) is 2.89. The number of rotatable bonds is 5. The van der Waals surface area contributed by atoms with Crippen molar-refractivity contribution >= 4 is 28.7 Å². The summed E-state index contributed by atoms with van der Waals surface area (Å²) in [6.45, 7) is 1.65. The highest BCUT2D eigenvalue weighted by Crippen LogP contribution is 2.30. The summed E-state index contributed by atoms with van der Waals surface area (Å²) in [5.74, 6) is 0.147. The Kier molecular flexibility index (Phi) is 5.25. The van der Waals surface area contributed by atoms with Gasteiger partial charge < -0.3 is 9.88 Å². The predicted octanol–water partition coefficient (Wildman–Crippen LogP) is 4.04. The summed E-state index contributed by atoms with van der Waals surface area (Å²) in [6, 6.07) is 18.7. The van der Waals surface area contributed by atoms with Crippen LogP contribution in [0.3, 0.4) is 0 Å². The summed E-state index contributed by atoms with van der Waals surface area (Å²) in [7, 11) is 0. The zero-order valence-corrected chi connectivity index (χ0v) is 15.5. The Hall–Kier alpha value is -2.27. The minimum Gasteiger partial charge on any atom is -0.355 e. The number of nitrogens with one attached hydrogen (secondary N) is 1. The number of carbonyl (C=O) groups is 1. The lowest BCUT2D eigenvalue weighted by Gasteiger charge is -2.14. The number of hydrogen-bond donors (Lipinski definition) is 1. The molecule has 1 saturated heterocycles. The van der Waals surface area contributed by atoms with E-state index in [0.29, 0.717) is 0 Å². The molecule has 5 heteroatoms. The van der Waals surface area contributed by atoms with Gasteiger partial charge in [-0.15, -0.1) is 0 Å². The van der Waals surface area contributed by atoms with Gasteiger partial charge in [0.05, 0.1) is 16.3 Å². The van der Waals surface area contributed by atoms with Crippen molar-refractivity contribution < 1.29 is 4.79 Å². The highest BCUT2D eigenvalue weighted by atomic mass is 32.2. The highest BCUT2D eigenvalue weighted by molar-refractivity contribution is 8.00. The summed E-state index contributed by atoms with van der Waals surface area (Å²) in [4.78, 5) is 17.2. The molecular weight excluding hydrogens is 342 g/mol. The number of amides is 1. The van der Waals surface area contributed by atoms with E-state index in [0.717, 1.165) is 55.0 Å². The largest absolute Gasteiger partial charge is 0.355 e. The van der Waals surface area contributed by atoms with E-state index in [-0.39, 0.29) is 11.2 Å². The molecule has 1 aliphatic rings. The maximum absolute atomic E-state index is 12.4. The smallest absolute Gasteiger partial charge is 0.233 e. The maximum Gasteiger partial charge on any atom is 0.233 e. The predicted molar refractivity (Wildman–Crippen MR) is 106 cm³/mol. The van der Waals surface area contributed by atoms with Crippen molar-refractivity contribution in [3.05, 3.63) is 60.2 Å². The van der Waals surface area contributed by atoms with Crippen LogP contribution in [0.25, 0.3) is 11.0 Å². The van der Waals surface area contributed by atoms with Crippen molar-refractivity contribution in [3.63, 3.8) is 0 Å². The van der Waals surface area contributed by atoms with Gasteiger partial charge >= 0.3 is 0 Å². The third kappa shape index (κ3) is 3.78. The van der Waals surface area contributed by atoms with E-state index in [1.165, 1.54) is 5.56 Å². The number of benzene rings is 2. The lowest BCUT2D eigenvalue weighted by atomic mass is 10.1. The second kappa shape index (κ2) is 7.96. The van der Waals surface area contributed by atoms with Crippen molar-refractivity contribution in [1.82, 2.24) is 14.9 Å². The van der Waals surface area contributed by atoms with Gasteiger partial charge in [0.1, 0.15) is 0 Å². The molecule has 0 spiro atoms. The molecule has 1 aromatic heterocycles. The number of hydrogen-bond acceptors (Lipinski definition) is 3. The quantitative estimate of drug-likeness (QED) is 0.742. The fourth-order valence-electron chi connectivity index (χ4n) is 3.40. The minimum absolute atomic E-state index is 0.0511. The van der Waals surface area contributed by atoms with Crippen LogP contribution in [0.15, 0.2) is 59.8 Å². The maximum atomic E-state index is 12.4. The highest BCUT2D eigenvalue weighted by Gasteiger charge is 2.24. The molecule has 0 aliphatic carbocycles. The van der Waals surface area contributed by atoms with E-state index in [4.69, 9.17) is 4.98 Å². The van der Waals surface area contributed by atoms with Gasteiger partial charge in [-0.1, -0.05) is 60.6 Å². The first-order chi connectivity index (χ1) is 12.8. The fourth-order valence-corrected chi connectivity index (χ4v) is 4.59. The van der Waals surface area contributed by atoms with Gasteiger partial charge in [0.2, 0.25) is 5.91 Å². The van der Waals surface area contributed by atoms with Crippen LogP contribution in [0.1, 0.15) is 24.8 Å². The fraction of sp³-hybridized carbons (Fsp3) is 0.333. The zero-order chi connectivity index (χ0) is 17.8. The zero-order valence-electron chi connectivity index (χ0n) is 14.7. The van der Waals surface area contributed by atoms with Crippen LogP contribution in [-0.2, 0) is 17.8 Å². The van der Waals surface area contributed by atoms with E-state index in [1.807, 2.05) is 18.2 Å². The van der Waals surface area contributed by atoms with Crippen molar-refractivity contribution in [2.45, 2.75) is 42.6 Å². The third-order valence-electron chi connectivity index (χ3n) is 4.82. The Morgan fingerprint density at radius 3 is 2.77 bits per heavy atom. The van der Waals surface area contributed by atoms with Crippen LogP contribution in [-0.4, -0.2) is 27.3 Å². The molecule has 0 unspecified atom stereocenters. The van der Waals surface area contributed by atoms with Gasteiger partial charge in [-0.25, -0.2) is 4.98 Å². The van der Waals surface area contributed by atoms with Gasteiger partial charge in [0.15, 0.2) is 5.16 Å². The first-order valence-electron chi connectivity index (χ1n) is 9.25. The van der Waals surface area contributed by atoms with E-state index >= 15 is 0 Å². The molecule has 1 N–H and O–H groups in total. The monoisotopic (exact) mass is 365 g/mol. The Bertz CT molecular complexity index is 891. The Labute approximate surface area is 158 Å². The van der Waals surface area contributed by atoms with Gasteiger partial charge in [-0.2, -0.15) is 0 Å². The first kappa shape index (κ1) is 17.2. The van der Waals surface area contributed by atoms with Crippen LogP contribution in [0.5, 0.6) is 0 Å². The minimum atomic E-state index is -0.0511. The molecule has 1 atom stereocenters. The lowest BCUT2D eigenvalue weighted by molar-refractivity contribution is -0.120. The second-order valence-electron chi connectivity index (χ2n) is 6.66. The molecule has 1 fully saturated rings. The van der Waals surface area contributed by atoms with Crippen LogP contribution in [0.4, 0.5) is 0 Å². The Morgan fingerprint density at radius 2 is 1.88 bits per heavy atom. The number of carbonyl (C=O) groups excluding carboxylic acids is 1. The topological polar surface area (TPSA) is 46.9 Å². The lowest BCUT2D eigenvalue weighted by Crippen LogP contribution is -2.30. The summed E-state index contributed by atoms with van der Waals surface area (Å²) in [5, 5.41) is 3.93. The number of para-hydroxylation sites is 2. The molecule has 0 radical (unpaired) electrons. The summed E-state index contributed by atoms with van der Waals surface area (Å²) >= 11 is 1.61. The van der Waals surface area contributed by atoms with Crippen molar-refractivity contribution in [2.24, 2.45) is 0 Å². The van der Waals surface area contributed by atoms with Crippen LogP contribution < -0.4 is 5.32 Å². The van der Waals surface area contributed by atoms with E-state index in [1.54, 1.807) is 11.8 Å². The van der Waals surface area contributed by atoms with Crippen LogP contribution in [0, 0.1) is 0 Å². The number of imidazole rings is 1. The van der Waals surface area contributed by atoms with Crippen molar-refractivity contribution in [2.75, 3.05) is 6.54 Å². The SMILES string of the molecule is O=C1NCCCC[C@@H]1Sc1nc2ccccc2n1CCc1ccccc1. The molecule has 2 heterocycles. The molecule has 1 amide bonds. The normalized spacial score (nSPS) is 17.8. The molecule has 3 aromatic rings. The van der Waals surface area contributed by atoms with E-state index in [2.05, 4.69) is 46.3 Å². The number of nitrogens with zero attached hydrogens (tertiary/aromatic N) is 2.